The maximum Gasteiger partial charge on any atom is 0.405 e. The average Bonchev–Trinajstić information content (AvgIpc) is 3.29. The predicted octanol–water partition coefficient (Wildman–Crippen LogP) is 3.61. The summed E-state index contributed by atoms with van der Waals surface area (Å²) < 4.78 is 51.0. The van der Waals surface area contributed by atoms with Gasteiger partial charge in [0, 0.05) is 30.4 Å². The number of hydrogen-bond donors (Lipinski definition) is 2. The Labute approximate surface area is 205 Å². The van der Waals surface area contributed by atoms with Crippen LogP contribution in [0.2, 0.25) is 0 Å². The predicted molar refractivity (Wildman–Crippen MR) is 124 cm³/mol. The highest BCUT2D eigenvalue weighted by molar-refractivity contribution is 5.94. The van der Waals surface area contributed by atoms with Crippen LogP contribution in [0.4, 0.5) is 17.6 Å². The van der Waals surface area contributed by atoms with E-state index in [1.54, 1.807) is 12.3 Å². The summed E-state index contributed by atoms with van der Waals surface area (Å²) in [7, 11) is 0. The van der Waals surface area contributed by atoms with Gasteiger partial charge in [0.15, 0.2) is 5.69 Å². The van der Waals surface area contributed by atoms with Gasteiger partial charge < -0.3 is 10.6 Å². The largest absolute Gasteiger partial charge is 0.405 e. The molecule has 0 saturated heterocycles. The van der Waals surface area contributed by atoms with Gasteiger partial charge in [-0.05, 0) is 55.7 Å². The van der Waals surface area contributed by atoms with Gasteiger partial charge in [0.25, 0.3) is 11.8 Å². The van der Waals surface area contributed by atoms with E-state index in [1.807, 2.05) is 17.4 Å². The number of halogens is 4. The number of hydrogen-bond acceptors (Lipinski definition) is 5. The van der Waals surface area contributed by atoms with E-state index in [2.05, 4.69) is 20.6 Å². The Balaban J connectivity index is 1.73. The van der Waals surface area contributed by atoms with Crippen molar-refractivity contribution in [2.24, 2.45) is 0 Å². The van der Waals surface area contributed by atoms with Crippen LogP contribution in [0.15, 0.2) is 48.7 Å². The minimum Gasteiger partial charge on any atom is -0.350 e. The van der Waals surface area contributed by atoms with Gasteiger partial charge in [-0.25, -0.2) is 4.68 Å². The summed E-state index contributed by atoms with van der Waals surface area (Å²) in [5.41, 5.74) is 1.98. The van der Waals surface area contributed by atoms with E-state index in [4.69, 9.17) is 0 Å². The quantitative estimate of drug-likeness (QED) is 0.289. The molecule has 3 aromatic rings. The lowest BCUT2D eigenvalue weighted by Crippen LogP contribution is -2.33. The second-order valence-corrected chi connectivity index (χ2v) is 7.97. The molecule has 2 amide bonds. The van der Waals surface area contributed by atoms with Crippen LogP contribution in [0.1, 0.15) is 51.5 Å². The molecule has 12 heteroatoms. The van der Waals surface area contributed by atoms with Gasteiger partial charge in [0.2, 0.25) is 0 Å². The summed E-state index contributed by atoms with van der Waals surface area (Å²) >= 11 is 0. The van der Waals surface area contributed by atoms with E-state index < -0.39 is 31.2 Å². The van der Waals surface area contributed by atoms with E-state index in [0.29, 0.717) is 50.0 Å². The third-order valence-electron chi connectivity index (χ3n) is 5.24. The molecule has 0 atom stereocenters. The van der Waals surface area contributed by atoms with Crippen molar-refractivity contribution in [2.75, 3.05) is 19.8 Å². The molecule has 0 radical (unpaired) electrons. The van der Waals surface area contributed by atoms with E-state index in [9.17, 15) is 27.2 Å². The fourth-order valence-electron chi connectivity index (χ4n) is 3.44. The molecule has 2 aromatic heterocycles. The van der Waals surface area contributed by atoms with Crippen LogP contribution in [0, 0.1) is 0 Å². The Morgan fingerprint density at radius 1 is 0.917 bits per heavy atom. The molecular weight excluding hydrogens is 480 g/mol. The first-order valence-electron chi connectivity index (χ1n) is 11.4. The monoisotopic (exact) mass is 506 g/mol. The van der Waals surface area contributed by atoms with Crippen LogP contribution in [0.3, 0.4) is 0 Å². The molecule has 0 aliphatic heterocycles. The van der Waals surface area contributed by atoms with Crippen molar-refractivity contribution in [3.05, 3.63) is 71.3 Å². The van der Waals surface area contributed by atoms with Crippen LogP contribution in [-0.4, -0.2) is 57.7 Å². The molecule has 192 valence electrons. The summed E-state index contributed by atoms with van der Waals surface area (Å²) in [6, 6.07) is 11.2. The molecule has 3 rings (SSSR count). The van der Waals surface area contributed by atoms with Crippen LogP contribution in [-0.2, 0) is 12.8 Å². The lowest BCUT2D eigenvalue weighted by atomic mass is 10.1. The van der Waals surface area contributed by atoms with Gasteiger partial charge in [-0.15, -0.1) is 5.10 Å². The highest BCUT2D eigenvalue weighted by Gasteiger charge is 2.28. The molecule has 2 N–H and O–H groups in total. The van der Waals surface area contributed by atoms with Crippen molar-refractivity contribution in [2.45, 2.75) is 38.3 Å². The second-order valence-electron chi connectivity index (χ2n) is 7.97. The highest BCUT2D eigenvalue weighted by atomic mass is 19.4. The van der Waals surface area contributed by atoms with E-state index in [0.717, 1.165) is 5.69 Å². The number of nitrogens with zero attached hydrogens (tertiary/aromatic N) is 4. The number of pyridine rings is 1. The zero-order valence-corrected chi connectivity index (χ0v) is 19.4. The van der Waals surface area contributed by atoms with Crippen LogP contribution < -0.4 is 10.6 Å². The van der Waals surface area contributed by atoms with E-state index in [-0.39, 0.29) is 11.3 Å². The number of carbonyl (C=O) groups is 2. The summed E-state index contributed by atoms with van der Waals surface area (Å²) in [6.45, 7) is -1.53. The first-order valence-corrected chi connectivity index (χ1v) is 11.4. The van der Waals surface area contributed by atoms with Crippen molar-refractivity contribution >= 4 is 11.8 Å². The summed E-state index contributed by atoms with van der Waals surface area (Å²) in [4.78, 5) is 29.0. The highest BCUT2D eigenvalue weighted by Crippen LogP contribution is 2.18. The van der Waals surface area contributed by atoms with Gasteiger partial charge in [-0.1, -0.05) is 17.7 Å². The Morgan fingerprint density at radius 3 is 2.36 bits per heavy atom. The molecule has 0 unspecified atom stereocenters. The van der Waals surface area contributed by atoms with E-state index >= 15 is 0 Å². The fourth-order valence-corrected chi connectivity index (χ4v) is 3.44. The third kappa shape index (κ3) is 7.85. The van der Waals surface area contributed by atoms with Crippen molar-refractivity contribution in [1.29, 1.82) is 0 Å². The van der Waals surface area contributed by atoms with Gasteiger partial charge in [-0.2, -0.15) is 13.2 Å². The van der Waals surface area contributed by atoms with Gasteiger partial charge in [0.05, 0.1) is 18.1 Å². The maximum atomic E-state index is 12.8. The van der Waals surface area contributed by atoms with E-state index in [1.165, 1.54) is 28.9 Å². The van der Waals surface area contributed by atoms with Gasteiger partial charge >= 0.3 is 6.18 Å². The maximum absolute atomic E-state index is 12.8. The Hall–Kier alpha value is -3.83. The molecule has 0 saturated carbocycles. The third-order valence-corrected chi connectivity index (χ3v) is 5.24. The van der Waals surface area contributed by atoms with Crippen molar-refractivity contribution in [3.63, 3.8) is 0 Å². The lowest BCUT2D eigenvalue weighted by Gasteiger charge is -2.10. The minimum atomic E-state index is -4.51. The zero-order valence-electron chi connectivity index (χ0n) is 19.4. The number of carbonyl (C=O) groups excluding carboxylic acids is 2. The molecule has 0 bridgehead atoms. The number of amides is 2. The molecule has 36 heavy (non-hydrogen) atoms. The number of aromatic nitrogens is 4. The fraction of sp³-hybridized carbons (Fsp3) is 0.375. The van der Waals surface area contributed by atoms with Crippen molar-refractivity contribution in [1.82, 2.24) is 30.6 Å². The molecule has 8 nitrogen and oxygen atoms in total. The smallest absolute Gasteiger partial charge is 0.350 e. The SMILES string of the molecule is O=C(NCC(F)(F)F)c1ccc(-n2nnc(C(=O)NCCc3ccccn3)c2CCCCCF)cc1. The molecule has 0 aliphatic carbocycles. The molecule has 0 aliphatic rings. The van der Waals surface area contributed by atoms with Crippen LogP contribution in [0.5, 0.6) is 0 Å². The average molecular weight is 507 g/mol. The molecule has 0 fully saturated rings. The molecule has 1 aromatic carbocycles. The topological polar surface area (TPSA) is 102 Å². The Bertz CT molecular complexity index is 1130. The lowest BCUT2D eigenvalue weighted by molar-refractivity contribution is -0.123. The first-order chi connectivity index (χ1) is 17.3. The van der Waals surface area contributed by atoms with Crippen molar-refractivity contribution < 1.29 is 27.2 Å². The number of nitrogens with one attached hydrogen (secondary N) is 2. The van der Waals surface area contributed by atoms with Crippen molar-refractivity contribution in [3.8, 4) is 5.69 Å². The summed E-state index contributed by atoms with van der Waals surface area (Å²) in [5.74, 6) is -1.28. The Morgan fingerprint density at radius 2 is 1.69 bits per heavy atom. The second kappa shape index (κ2) is 12.8. The van der Waals surface area contributed by atoms with Gasteiger partial charge in [-0.3, -0.25) is 19.0 Å². The molecule has 2 heterocycles. The minimum absolute atomic E-state index is 0.0418. The standard InChI is InChI=1S/C24H26F4N6O2/c25-13-4-1-2-7-20-21(23(36)30-15-12-18-6-3-5-14-29-18)32-33-34(20)19-10-8-17(9-11-19)22(35)31-16-24(26,27)28/h3,5-6,8-11,14H,1-2,4,7,12-13,15-16H2,(H,30,36)(H,31,35). The number of alkyl halides is 4. The molecular formula is C24H26F4N6O2. The normalized spacial score (nSPS) is 11.3. The van der Waals surface area contributed by atoms with Gasteiger partial charge in [0.1, 0.15) is 6.54 Å². The number of rotatable bonds is 12. The number of benzene rings is 1. The first kappa shape index (κ1) is 26.8. The number of unbranched alkanes of at least 4 members (excludes halogenated alkanes) is 2. The Kier molecular flexibility index (Phi) is 9.48. The zero-order chi connectivity index (χ0) is 26.0. The summed E-state index contributed by atoms with van der Waals surface area (Å²) in [5, 5.41) is 12.7. The van der Waals surface area contributed by atoms with Crippen LogP contribution in [0.25, 0.3) is 5.69 Å². The molecule has 0 spiro atoms. The summed E-state index contributed by atoms with van der Waals surface area (Å²) in [6.07, 6.45) is -0.293. The van der Waals surface area contributed by atoms with Crippen LogP contribution >= 0.6 is 0 Å².